The highest BCUT2D eigenvalue weighted by Gasteiger charge is 2.19. The fraction of sp³-hybridized carbons (Fsp3) is 0.571. The van der Waals surface area contributed by atoms with E-state index in [1.807, 2.05) is 0 Å². The van der Waals surface area contributed by atoms with Gasteiger partial charge in [0.05, 0.1) is 4.90 Å². The summed E-state index contributed by atoms with van der Waals surface area (Å²) in [5, 5.41) is 0. The molecule has 0 amide bonds. The van der Waals surface area contributed by atoms with Crippen LogP contribution in [-0.4, -0.2) is 39.5 Å². The Balaban J connectivity index is 2.85. The molecule has 5 nitrogen and oxygen atoms in total. The van der Waals surface area contributed by atoms with E-state index in [4.69, 9.17) is 5.73 Å². The van der Waals surface area contributed by atoms with Gasteiger partial charge in [0.1, 0.15) is 0 Å². The summed E-state index contributed by atoms with van der Waals surface area (Å²) in [6.45, 7) is 10.6. The van der Waals surface area contributed by atoms with Crippen LogP contribution >= 0.6 is 0 Å². The zero-order valence-electron chi connectivity index (χ0n) is 12.7. The maximum absolute atomic E-state index is 12.4. The lowest BCUT2D eigenvalue weighted by Gasteiger charge is -2.19. The SMILES string of the molecule is CCN(CC)CCNS(=O)(=O)c1c(C)cc(N)cc1C. The van der Waals surface area contributed by atoms with Crippen molar-refractivity contribution >= 4 is 15.7 Å². The number of nitrogens with two attached hydrogens (primary N) is 1. The fourth-order valence-corrected chi connectivity index (χ4v) is 3.83. The summed E-state index contributed by atoms with van der Waals surface area (Å²) in [7, 11) is -3.48. The van der Waals surface area contributed by atoms with Gasteiger partial charge in [-0.05, 0) is 50.2 Å². The van der Waals surface area contributed by atoms with Gasteiger partial charge in [-0.2, -0.15) is 0 Å². The Labute approximate surface area is 122 Å². The molecule has 0 aromatic heterocycles. The van der Waals surface area contributed by atoms with Crippen LogP contribution in [0, 0.1) is 13.8 Å². The average Bonchev–Trinajstić information content (AvgIpc) is 2.32. The normalized spacial score (nSPS) is 12.1. The van der Waals surface area contributed by atoms with Crippen molar-refractivity contribution in [3.63, 3.8) is 0 Å². The van der Waals surface area contributed by atoms with Gasteiger partial charge in [-0.25, -0.2) is 13.1 Å². The van der Waals surface area contributed by atoms with E-state index >= 15 is 0 Å². The van der Waals surface area contributed by atoms with E-state index in [1.165, 1.54) is 0 Å². The van der Waals surface area contributed by atoms with Gasteiger partial charge in [0.15, 0.2) is 0 Å². The third kappa shape index (κ3) is 4.19. The molecule has 0 bridgehead atoms. The van der Waals surface area contributed by atoms with Gasteiger partial charge in [-0.15, -0.1) is 0 Å². The molecule has 0 aliphatic rings. The molecule has 1 aromatic carbocycles. The quantitative estimate of drug-likeness (QED) is 0.748. The highest BCUT2D eigenvalue weighted by atomic mass is 32.2. The molecule has 0 spiro atoms. The largest absolute Gasteiger partial charge is 0.399 e. The molecule has 0 saturated heterocycles. The summed E-state index contributed by atoms with van der Waals surface area (Å²) >= 11 is 0. The Hall–Kier alpha value is -1.11. The van der Waals surface area contributed by atoms with Crippen molar-refractivity contribution < 1.29 is 8.42 Å². The first-order valence-corrected chi connectivity index (χ1v) is 8.38. The molecule has 0 aliphatic carbocycles. The predicted molar refractivity (Wildman–Crippen MR) is 83.3 cm³/mol. The zero-order valence-corrected chi connectivity index (χ0v) is 13.5. The number of nitrogens with zero attached hydrogens (tertiary/aromatic N) is 1. The molecule has 6 heteroatoms. The molecule has 0 unspecified atom stereocenters. The maximum atomic E-state index is 12.4. The predicted octanol–water partition coefficient (Wildman–Crippen LogP) is 1.51. The van der Waals surface area contributed by atoms with Crippen LogP contribution in [0.3, 0.4) is 0 Å². The highest BCUT2D eigenvalue weighted by Crippen LogP contribution is 2.22. The van der Waals surface area contributed by atoms with Crippen LogP contribution in [0.4, 0.5) is 5.69 Å². The van der Waals surface area contributed by atoms with Crippen molar-refractivity contribution in [3.05, 3.63) is 23.3 Å². The van der Waals surface area contributed by atoms with Crippen LogP contribution in [0.15, 0.2) is 17.0 Å². The molecule has 1 rings (SSSR count). The summed E-state index contributed by atoms with van der Waals surface area (Å²) < 4.78 is 27.4. The third-order valence-electron chi connectivity index (χ3n) is 3.37. The summed E-state index contributed by atoms with van der Waals surface area (Å²) in [6.07, 6.45) is 0. The summed E-state index contributed by atoms with van der Waals surface area (Å²) in [4.78, 5) is 2.51. The van der Waals surface area contributed by atoms with Gasteiger partial charge in [0, 0.05) is 18.8 Å². The molecule has 3 N–H and O–H groups in total. The Kier molecular flexibility index (Phi) is 5.98. The van der Waals surface area contributed by atoms with E-state index in [2.05, 4.69) is 23.5 Å². The molecule has 0 heterocycles. The molecule has 0 aliphatic heterocycles. The lowest BCUT2D eigenvalue weighted by molar-refractivity contribution is 0.309. The molecular formula is C14H25N3O2S. The van der Waals surface area contributed by atoms with Crippen LogP contribution in [0.1, 0.15) is 25.0 Å². The Morgan fingerprint density at radius 3 is 2.10 bits per heavy atom. The van der Waals surface area contributed by atoms with E-state index in [9.17, 15) is 8.42 Å². The van der Waals surface area contributed by atoms with E-state index in [0.717, 1.165) is 13.1 Å². The second-order valence-corrected chi connectivity index (χ2v) is 6.61. The van der Waals surface area contributed by atoms with E-state index in [0.29, 0.717) is 34.8 Å². The van der Waals surface area contributed by atoms with Crippen molar-refractivity contribution in [1.29, 1.82) is 0 Å². The molecule has 1 aromatic rings. The number of anilines is 1. The van der Waals surface area contributed by atoms with Gasteiger partial charge < -0.3 is 10.6 Å². The maximum Gasteiger partial charge on any atom is 0.241 e. The van der Waals surface area contributed by atoms with Crippen LogP contribution in [0.25, 0.3) is 0 Å². The van der Waals surface area contributed by atoms with Gasteiger partial charge in [0.25, 0.3) is 0 Å². The number of hydrogen-bond donors (Lipinski definition) is 2. The number of hydrogen-bond acceptors (Lipinski definition) is 4. The van der Waals surface area contributed by atoms with Crippen LogP contribution in [0.2, 0.25) is 0 Å². The summed E-state index contributed by atoms with van der Waals surface area (Å²) in [5.41, 5.74) is 7.67. The molecule has 0 atom stereocenters. The Morgan fingerprint density at radius 1 is 1.15 bits per heavy atom. The molecule has 0 saturated carbocycles. The molecular weight excluding hydrogens is 274 g/mol. The van der Waals surface area contributed by atoms with E-state index < -0.39 is 10.0 Å². The molecule has 20 heavy (non-hydrogen) atoms. The number of benzene rings is 1. The standard InChI is InChI=1S/C14H25N3O2S/c1-5-17(6-2)8-7-16-20(18,19)14-11(3)9-13(15)10-12(14)4/h9-10,16H,5-8,15H2,1-4H3. The van der Waals surface area contributed by atoms with E-state index in [1.54, 1.807) is 26.0 Å². The van der Waals surface area contributed by atoms with Gasteiger partial charge >= 0.3 is 0 Å². The van der Waals surface area contributed by atoms with Crippen LogP contribution in [-0.2, 0) is 10.0 Å². The minimum Gasteiger partial charge on any atom is -0.399 e. The number of likely N-dealkylation sites (N-methyl/N-ethyl adjacent to an activating group) is 1. The van der Waals surface area contributed by atoms with Crippen molar-refractivity contribution in [2.45, 2.75) is 32.6 Å². The minimum absolute atomic E-state index is 0.339. The van der Waals surface area contributed by atoms with Gasteiger partial charge in [-0.3, -0.25) is 0 Å². The van der Waals surface area contributed by atoms with Crippen molar-refractivity contribution in [3.8, 4) is 0 Å². The first kappa shape index (κ1) is 16.9. The fourth-order valence-electron chi connectivity index (χ4n) is 2.36. The van der Waals surface area contributed by atoms with Gasteiger partial charge in [0.2, 0.25) is 10.0 Å². The monoisotopic (exact) mass is 299 g/mol. The van der Waals surface area contributed by atoms with Gasteiger partial charge in [-0.1, -0.05) is 13.8 Å². The smallest absolute Gasteiger partial charge is 0.241 e. The Morgan fingerprint density at radius 2 is 1.65 bits per heavy atom. The molecule has 114 valence electrons. The summed E-state index contributed by atoms with van der Waals surface area (Å²) in [5.74, 6) is 0. The first-order chi connectivity index (χ1) is 9.31. The average molecular weight is 299 g/mol. The number of sulfonamides is 1. The zero-order chi connectivity index (χ0) is 15.3. The number of aryl methyl sites for hydroxylation is 2. The third-order valence-corrected chi connectivity index (χ3v) is 5.13. The van der Waals surface area contributed by atoms with Crippen molar-refractivity contribution in [2.24, 2.45) is 0 Å². The number of nitrogens with one attached hydrogen (secondary N) is 1. The lowest BCUT2D eigenvalue weighted by atomic mass is 10.1. The molecule has 0 radical (unpaired) electrons. The topological polar surface area (TPSA) is 75.4 Å². The lowest BCUT2D eigenvalue weighted by Crippen LogP contribution is -2.35. The number of rotatable bonds is 7. The van der Waals surface area contributed by atoms with Crippen molar-refractivity contribution in [2.75, 3.05) is 31.9 Å². The molecule has 0 fully saturated rings. The first-order valence-electron chi connectivity index (χ1n) is 6.90. The minimum atomic E-state index is -3.48. The second-order valence-electron chi connectivity index (χ2n) is 4.91. The Bertz CT molecular complexity index is 529. The van der Waals surface area contributed by atoms with Crippen LogP contribution < -0.4 is 10.5 Å². The number of nitrogen functional groups attached to an aromatic ring is 1. The summed E-state index contributed by atoms with van der Waals surface area (Å²) in [6, 6.07) is 3.37. The van der Waals surface area contributed by atoms with Crippen molar-refractivity contribution in [1.82, 2.24) is 9.62 Å². The van der Waals surface area contributed by atoms with E-state index in [-0.39, 0.29) is 0 Å². The second kappa shape index (κ2) is 7.06. The highest BCUT2D eigenvalue weighted by molar-refractivity contribution is 7.89. The van der Waals surface area contributed by atoms with Crippen LogP contribution in [0.5, 0.6) is 0 Å².